The molecule has 0 aromatic heterocycles. The van der Waals surface area contributed by atoms with E-state index in [2.05, 4.69) is 54.4 Å². The van der Waals surface area contributed by atoms with Crippen LogP contribution >= 0.6 is 24.0 Å². The van der Waals surface area contributed by atoms with E-state index in [9.17, 15) is 8.78 Å². The molecule has 2 N–H and O–H groups in total. The van der Waals surface area contributed by atoms with E-state index in [4.69, 9.17) is 0 Å². The molecular formula is C22H30F2IN5O. The summed E-state index contributed by atoms with van der Waals surface area (Å²) in [7, 11) is 5.77. The minimum atomic E-state index is -2.84. The molecule has 0 spiro atoms. The maximum atomic E-state index is 12.7. The lowest BCUT2D eigenvalue weighted by Crippen LogP contribution is -2.44. The largest absolute Gasteiger partial charge is 0.433 e. The number of hydrogen-bond acceptors (Lipinski definition) is 4. The van der Waals surface area contributed by atoms with Gasteiger partial charge in [-0.2, -0.15) is 8.78 Å². The number of ether oxygens (including phenoxy) is 1. The molecular weight excluding hydrogens is 515 g/mol. The van der Waals surface area contributed by atoms with Crippen molar-refractivity contribution in [3.05, 3.63) is 54.1 Å². The van der Waals surface area contributed by atoms with Gasteiger partial charge in [-0.1, -0.05) is 24.3 Å². The Kier molecular flexibility index (Phi) is 9.60. The summed E-state index contributed by atoms with van der Waals surface area (Å²) < 4.78 is 30.0. The number of hydrogen-bond donors (Lipinski definition) is 2. The Balaban J connectivity index is 0.00000341. The molecule has 0 amide bonds. The van der Waals surface area contributed by atoms with E-state index >= 15 is 0 Å². The highest BCUT2D eigenvalue weighted by Gasteiger charge is 2.26. The van der Waals surface area contributed by atoms with Crippen LogP contribution in [0.1, 0.15) is 12.0 Å². The number of benzene rings is 2. The number of rotatable bonds is 7. The third-order valence-corrected chi connectivity index (χ3v) is 5.09. The van der Waals surface area contributed by atoms with E-state index in [1.54, 1.807) is 19.2 Å². The van der Waals surface area contributed by atoms with Crippen LogP contribution < -0.4 is 25.2 Å². The molecule has 6 nitrogen and oxygen atoms in total. The van der Waals surface area contributed by atoms with Gasteiger partial charge in [0, 0.05) is 52.5 Å². The van der Waals surface area contributed by atoms with Gasteiger partial charge >= 0.3 is 6.61 Å². The molecule has 31 heavy (non-hydrogen) atoms. The van der Waals surface area contributed by atoms with Crippen LogP contribution in [-0.4, -0.2) is 52.8 Å². The summed E-state index contributed by atoms with van der Waals surface area (Å²) in [5.74, 6) is 0.924. The maximum Gasteiger partial charge on any atom is 0.387 e. The molecule has 2 aromatic carbocycles. The van der Waals surface area contributed by atoms with Gasteiger partial charge < -0.3 is 25.2 Å². The van der Waals surface area contributed by atoms with Crippen LogP contribution in [0.5, 0.6) is 5.75 Å². The fraction of sp³-hybridized carbons (Fsp3) is 0.409. The van der Waals surface area contributed by atoms with Gasteiger partial charge in [0.15, 0.2) is 5.96 Å². The van der Waals surface area contributed by atoms with Crippen LogP contribution in [-0.2, 0) is 6.54 Å². The van der Waals surface area contributed by atoms with Gasteiger partial charge in [-0.05, 0) is 36.2 Å². The Bertz CT molecular complexity index is 848. The Morgan fingerprint density at radius 3 is 2.55 bits per heavy atom. The smallest absolute Gasteiger partial charge is 0.387 e. The van der Waals surface area contributed by atoms with Crippen LogP contribution in [0.2, 0.25) is 0 Å². The van der Waals surface area contributed by atoms with Crippen molar-refractivity contribution in [2.75, 3.05) is 44.0 Å². The predicted molar refractivity (Wildman–Crippen MR) is 133 cm³/mol. The molecule has 0 saturated carbocycles. The molecule has 0 bridgehead atoms. The fourth-order valence-electron chi connectivity index (χ4n) is 3.50. The van der Waals surface area contributed by atoms with E-state index < -0.39 is 6.61 Å². The monoisotopic (exact) mass is 545 g/mol. The van der Waals surface area contributed by atoms with Crippen molar-refractivity contribution in [3.63, 3.8) is 0 Å². The van der Waals surface area contributed by atoms with Crippen molar-refractivity contribution in [3.8, 4) is 5.75 Å². The minimum Gasteiger partial charge on any atom is -0.433 e. The standard InChI is InChI=1S/C22H29F2N5O.HI/c1-25-22(26-14-16-8-10-18(11-9-16)28(2)3)27-17-12-13-29(15-17)19-6-4-5-7-20(19)30-21(23)24;/h4-11,17,21H,12-15H2,1-3H3,(H2,25,26,27);1H. The molecule has 170 valence electrons. The Morgan fingerprint density at radius 1 is 1.19 bits per heavy atom. The summed E-state index contributed by atoms with van der Waals surface area (Å²) in [6.07, 6.45) is 0.876. The lowest BCUT2D eigenvalue weighted by Gasteiger charge is -2.22. The normalized spacial score (nSPS) is 16.1. The van der Waals surface area contributed by atoms with Gasteiger partial charge in [0.2, 0.25) is 0 Å². The molecule has 1 fully saturated rings. The SMILES string of the molecule is CN=C(NCc1ccc(N(C)C)cc1)NC1CCN(c2ccccc2OC(F)F)C1.I. The number of para-hydroxylation sites is 2. The first-order valence-electron chi connectivity index (χ1n) is 9.98. The first-order chi connectivity index (χ1) is 14.5. The third kappa shape index (κ3) is 7.12. The van der Waals surface area contributed by atoms with Gasteiger partial charge in [-0.25, -0.2) is 0 Å². The lowest BCUT2D eigenvalue weighted by molar-refractivity contribution is -0.0495. The van der Waals surface area contributed by atoms with Gasteiger partial charge in [0.1, 0.15) is 5.75 Å². The molecule has 0 radical (unpaired) electrons. The number of alkyl halides is 2. The van der Waals surface area contributed by atoms with Crippen molar-refractivity contribution >= 4 is 41.3 Å². The zero-order valence-electron chi connectivity index (χ0n) is 18.0. The first-order valence-corrected chi connectivity index (χ1v) is 9.98. The maximum absolute atomic E-state index is 12.7. The summed E-state index contributed by atoms with van der Waals surface area (Å²) in [6.45, 7) is -0.737. The highest BCUT2D eigenvalue weighted by molar-refractivity contribution is 14.0. The molecule has 3 rings (SSSR count). The molecule has 1 saturated heterocycles. The summed E-state index contributed by atoms with van der Waals surface area (Å²) in [5, 5.41) is 6.76. The molecule has 9 heteroatoms. The van der Waals surface area contributed by atoms with Gasteiger partial charge in [0.05, 0.1) is 5.69 Å². The lowest BCUT2D eigenvalue weighted by atomic mass is 10.2. The average Bonchev–Trinajstić information content (AvgIpc) is 3.19. The van der Waals surface area contributed by atoms with E-state index in [0.29, 0.717) is 18.8 Å². The van der Waals surface area contributed by atoms with Crippen LogP contribution in [0.25, 0.3) is 0 Å². The van der Waals surface area contributed by atoms with Crippen LogP contribution in [0, 0.1) is 0 Å². The number of aliphatic imine (C=N–C) groups is 1. The molecule has 1 unspecified atom stereocenters. The van der Waals surface area contributed by atoms with Crippen LogP contribution in [0.3, 0.4) is 0 Å². The van der Waals surface area contributed by atoms with Gasteiger partial charge in [-0.3, -0.25) is 4.99 Å². The Morgan fingerprint density at radius 2 is 1.90 bits per heavy atom. The topological polar surface area (TPSA) is 52.1 Å². The third-order valence-electron chi connectivity index (χ3n) is 5.09. The van der Waals surface area contributed by atoms with Crippen LogP contribution in [0.15, 0.2) is 53.5 Å². The van der Waals surface area contributed by atoms with Crippen molar-refractivity contribution in [2.24, 2.45) is 4.99 Å². The summed E-state index contributed by atoms with van der Waals surface area (Å²) in [6, 6.07) is 15.4. The molecule has 1 aliphatic heterocycles. The van der Waals surface area contributed by atoms with Crippen LogP contribution in [0.4, 0.5) is 20.2 Å². The number of nitrogens with one attached hydrogen (secondary N) is 2. The fourth-order valence-corrected chi connectivity index (χ4v) is 3.50. The molecule has 1 aliphatic rings. The number of anilines is 2. The van der Waals surface area contributed by atoms with Crippen molar-refractivity contribution in [2.45, 2.75) is 25.6 Å². The van der Waals surface area contributed by atoms with Gasteiger partial charge in [0.25, 0.3) is 0 Å². The van der Waals surface area contributed by atoms with E-state index in [-0.39, 0.29) is 35.8 Å². The van der Waals surface area contributed by atoms with E-state index in [1.165, 1.54) is 0 Å². The van der Waals surface area contributed by atoms with Crippen molar-refractivity contribution < 1.29 is 13.5 Å². The van der Waals surface area contributed by atoms with Crippen molar-refractivity contribution in [1.29, 1.82) is 0 Å². The Labute approximate surface area is 199 Å². The van der Waals surface area contributed by atoms with Gasteiger partial charge in [-0.15, -0.1) is 24.0 Å². The second-order valence-corrected chi connectivity index (χ2v) is 7.41. The zero-order chi connectivity index (χ0) is 21.5. The summed E-state index contributed by atoms with van der Waals surface area (Å²) in [4.78, 5) is 8.43. The number of guanidine groups is 1. The first kappa shape index (κ1) is 25.0. The second-order valence-electron chi connectivity index (χ2n) is 7.41. The number of halogens is 3. The number of nitrogens with zero attached hydrogens (tertiary/aromatic N) is 3. The highest BCUT2D eigenvalue weighted by atomic mass is 127. The summed E-state index contributed by atoms with van der Waals surface area (Å²) >= 11 is 0. The zero-order valence-corrected chi connectivity index (χ0v) is 20.3. The average molecular weight is 545 g/mol. The summed E-state index contributed by atoms with van der Waals surface area (Å²) in [5.41, 5.74) is 3.00. The molecule has 2 aromatic rings. The van der Waals surface area contributed by atoms with E-state index in [1.807, 2.05) is 26.2 Å². The molecule has 0 aliphatic carbocycles. The molecule has 1 atom stereocenters. The quantitative estimate of drug-likeness (QED) is 0.314. The van der Waals surface area contributed by atoms with E-state index in [0.717, 1.165) is 30.2 Å². The second kappa shape index (κ2) is 11.9. The molecule has 1 heterocycles. The van der Waals surface area contributed by atoms with Crippen molar-refractivity contribution in [1.82, 2.24) is 10.6 Å². The highest BCUT2D eigenvalue weighted by Crippen LogP contribution is 2.31. The minimum absolute atomic E-state index is 0. The Hall–Kier alpha value is -2.30. The predicted octanol–water partition coefficient (Wildman–Crippen LogP) is 3.92.